The number of carbonyl (C=O) groups is 2. The van der Waals surface area contributed by atoms with Crippen LogP contribution in [0.3, 0.4) is 0 Å². The van der Waals surface area contributed by atoms with Crippen LogP contribution in [-0.4, -0.2) is 33.8 Å². The van der Waals surface area contributed by atoms with Gasteiger partial charge in [0.1, 0.15) is 11.5 Å². The highest BCUT2D eigenvalue weighted by Gasteiger charge is 2.48. The minimum atomic E-state index is -1.04. The van der Waals surface area contributed by atoms with E-state index in [0.29, 0.717) is 27.5 Å². The smallest absolute Gasteiger partial charge is 0.301 e. The Kier molecular flexibility index (Phi) is 6.20. The van der Waals surface area contributed by atoms with Gasteiger partial charge in [0.25, 0.3) is 11.5 Å². The number of carbonyl (C=O) groups excluding carboxylic acids is 2. The van der Waals surface area contributed by atoms with Gasteiger partial charge in [-0.05, 0) is 79.4 Å². The molecule has 10 heteroatoms. The Balaban J connectivity index is 1.73. The van der Waals surface area contributed by atoms with Gasteiger partial charge in [-0.15, -0.1) is 0 Å². The summed E-state index contributed by atoms with van der Waals surface area (Å²) in [5.74, 6) is -1.46. The molecule has 0 spiro atoms. The number of thiazole rings is 1. The average Bonchev–Trinajstić information content (AvgIpc) is 3.42. The largest absolute Gasteiger partial charge is 0.507 e. The summed E-state index contributed by atoms with van der Waals surface area (Å²) in [4.78, 5) is 43.6. The molecule has 1 amide bonds. The second-order valence-corrected chi connectivity index (χ2v) is 10.1. The van der Waals surface area contributed by atoms with Crippen LogP contribution < -0.4 is 9.64 Å². The number of aryl methyl sites for hydroxylation is 3. The number of fused-ring (bicyclic) bond motifs is 1. The summed E-state index contributed by atoms with van der Waals surface area (Å²) in [5, 5.41) is 22.9. The standard InChI is InChI=1S/C28H23N3O6S/c1-14-11-16(3)23-21(12-14)38-28(29-23)30-24(17-5-8-19(9-6-17)31(35)36)22(26(33)27(30)34)25(32)18-7-10-20(37-4)15(2)13-18/h5-13,24,32H,1-4H3. The van der Waals surface area contributed by atoms with Crippen molar-refractivity contribution in [2.45, 2.75) is 26.8 Å². The molecule has 0 bridgehead atoms. The molecule has 1 unspecified atom stereocenters. The van der Waals surface area contributed by atoms with Crippen LogP contribution in [0, 0.1) is 30.9 Å². The minimum absolute atomic E-state index is 0.124. The van der Waals surface area contributed by atoms with E-state index in [1.165, 1.54) is 47.6 Å². The van der Waals surface area contributed by atoms with Gasteiger partial charge in [0.05, 0.1) is 33.9 Å². The van der Waals surface area contributed by atoms with Crippen LogP contribution in [-0.2, 0) is 9.59 Å². The second-order valence-electron chi connectivity index (χ2n) is 9.13. The molecular formula is C28H23N3O6S. The number of aliphatic hydroxyl groups excluding tert-OH is 1. The van der Waals surface area contributed by atoms with Crippen molar-refractivity contribution >= 4 is 49.8 Å². The van der Waals surface area contributed by atoms with Crippen LogP contribution in [0.5, 0.6) is 5.75 Å². The van der Waals surface area contributed by atoms with E-state index in [9.17, 15) is 24.8 Å². The number of amides is 1. The van der Waals surface area contributed by atoms with E-state index in [-0.39, 0.29) is 17.0 Å². The molecule has 9 nitrogen and oxygen atoms in total. The Morgan fingerprint density at radius 3 is 2.39 bits per heavy atom. The summed E-state index contributed by atoms with van der Waals surface area (Å²) in [6.07, 6.45) is 0. The van der Waals surface area contributed by atoms with Crippen molar-refractivity contribution < 1.29 is 24.4 Å². The molecule has 0 aliphatic carbocycles. The van der Waals surface area contributed by atoms with Crippen LogP contribution in [0.25, 0.3) is 16.0 Å². The van der Waals surface area contributed by atoms with Gasteiger partial charge >= 0.3 is 5.91 Å². The molecule has 0 radical (unpaired) electrons. The molecule has 2 heterocycles. The van der Waals surface area contributed by atoms with E-state index in [1.54, 1.807) is 25.1 Å². The molecule has 1 N–H and O–H groups in total. The zero-order valence-corrected chi connectivity index (χ0v) is 21.8. The average molecular weight is 530 g/mol. The molecule has 3 aromatic carbocycles. The van der Waals surface area contributed by atoms with E-state index in [4.69, 9.17) is 4.74 Å². The Bertz CT molecular complexity index is 1670. The number of Topliss-reactive ketones (excluding diaryl/α,β-unsaturated/α-hetero) is 1. The zero-order valence-electron chi connectivity index (χ0n) is 21.0. The van der Waals surface area contributed by atoms with Crippen molar-refractivity contribution in [3.63, 3.8) is 0 Å². The summed E-state index contributed by atoms with van der Waals surface area (Å²) in [6.45, 7) is 5.69. The van der Waals surface area contributed by atoms with Crippen molar-refractivity contribution in [2.24, 2.45) is 0 Å². The van der Waals surface area contributed by atoms with E-state index >= 15 is 0 Å². The normalized spacial score (nSPS) is 16.8. The Labute approximate surface area is 221 Å². The highest BCUT2D eigenvalue weighted by Crippen LogP contribution is 2.45. The van der Waals surface area contributed by atoms with Gasteiger partial charge < -0.3 is 9.84 Å². The molecule has 1 aliphatic rings. The van der Waals surface area contributed by atoms with E-state index < -0.39 is 22.7 Å². The third kappa shape index (κ3) is 4.08. The van der Waals surface area contributed by atoms with E-state index in [0.717, 1.165) is 21.4 Å². The fourth-order valence-corrected chi connectivity index (χ4v) is 5.94. The molecule has 192 valence electrons. The van der Waals surface area contributed by atoms with Crippen molar-refractivity contribution in [1.82, 2.24) is 4.98 Å². The number of methoxy groups -OCH3 is 1. The summed E-state index contributed by atoms with van der Waals surface area (Å²) in [5.41, 5.74) is 3.91. The number of rotatable bonds is 5. The SMILES string of the molecule is COc1ccc(C(O)=C2C(=O)C(=O)N(c3nc4c(C)cc(C)cc4s3)C2c2ccc([N+](=O)[O-])cc2)cc1C. The lowest BCUT2D eigenvalue weighted by Crippen LogP contribution is -2.29. The van der Waals surface area contributed by atoms with Crippen molar-refractivity contribution in [1.29, 1.82) is 0 Å². The molecule has 1 fully saturated rings. The Hall–Kier alpha value is -4.57. The van der Waals surface area contributed by atoms with Gasteiger partial charge in [0.15, 0.2) is 5.13 Å². The van der Waals surface area contributed by atoms with Crippen LogP contribution >= 0.6 is 11.3 Å². The van der Waals surface area contributed by atoms with Gasteiger partial charge in [0.2, 0.25) is 0 Å². The van der Waals surface area contributed by atoms with Crippen LogP contribution in [0.4, 0.5) is 10.8 Å². The Morgan fingerprint density at radius 2 is 1.76 bits per heavy atom. The predicted molar refractivity (Wildman–Crippen MR) is 145 cm³/mol. The molecule has 5 rings (SSSR count). The molecule has 0 saturated carbocycles. The van der Waals surface area contributed by atoms with Crippen LogP contribution in [0.15, 0.2) is 60.2 Å². The number of hydrogen-bond acceptors (Lipinski definition) is 8. The molecule has 38 heavy (non-hydrogen) atoms. The summed E-state index contributed by atoms with van der Waals surface area (Å²) >= 11 is 1.26. The van der Waals surface area contributed by atoms with Crippen LogP contribution in [0.1, 0.15) is 33.9 Å². The summed E-state index contributed by atoms with van der Waals surface area (Å²) in [6, 6.07) is 13.4. The maximum atomic E-state index is 13.5. The molecule has 1 atom stereocenters. The quantitative estimate of drug-likeness (QED) is 0.115. The summed E-state index contributed by atoms with van der Waals surface area (Å²) in [7, 11) is 1.53. The molecule has 4 aromatic rings. The zero-order chi connectivity index (χ0) is 27.3. The maximum Gasteiger partial charge on any atom is 0.301 e. The van der Waals surface area contributed by atoms with Gasteiger partial charge in [-0.3, -0.25) is 24.6 Å². The fourth-order valence-electron chi connectivity index (χ4n) is 4.77. The maximum absolute atomic E-state index is 13.5. The number of benzene rings is 3. The number of aromatic nitrogens is 1. The van der Waals surface area contributed by atoms with Crippen molar-refractivity contribution in [3.8, 4) is 5.75 Å². The molecule has 1 saturated heterocycles. The lowest BCUT2D eigenvalue weighted by Gasteiger charge is -2.23. The number of hydrogen-bond donors (Lipinski definition) is 1. The van der Waals surface area contributed by atoms with Gasteiger partial charge in [-0.1, -0.05) is 17.4 Å². The van der Waals surface area contributed by atoms with Crippen LogP contribution in [0.2, 0.25) is 0 Å². The fraction of sp³-hybridized carbons (Fsp3) is 0.179. The Morgan fingerprint density at radius 1 is 1.05 bits per heavy atom. The monoisotopic (exact) mass is 529 g/mol. The number of ketones is 1. The first-order chi connectivity index (χ1) is 18.1. The number of ether oxygens (including phenoxy) is 1. The van der Waals surface area contributed by atoms with Gasteiger partial charge in [0, 0.05) is 17.7 Å². The number of aliphatic hydroxyl groups is 1. The lowest BCUT2D eigenvalue weighted by atomic mass is 9.94. The predicted octanol–water partition coefficient (Wildman–Crippen LogP) is 5.76. The molecular weight excluding hydrogens is 506 g/mol. The van der Waals surface area contributed by atoms with Crippen molar-refractivity contribution in [3.05, 3.63) is 98.1 Å². The number of nitro groups is 1. The van der Waals surface area contributed by atoms with Crippen molar-refractivity contribution in [2.75, 3.05) is 12.0 Å². The first-order valence-corrected chi connectivity index (χ1v) is 12.5. The lowest BCUT2D eigenvalue weighted by molar-refractivity contribution is -0.384. The van der Waals surface area contributed by atoms with E-state index in [2.05, 4.69) is 4.98 Å². The highest BCUT2D eigenvalue weighted by atomic mass is 32.1. The third-order valence-electron chi connectivity index (χ3n) is 6.56. The summed E-state index contributed by atoms with van der Waals surface area (Å²) < 4.78 is 6.15. The van der Waals surface area contributed by atoms with Gasteiger partial charge in [-0.2, -0.15) is 0 Å². The minimum Gasteiger partial charge on any atom is -0.507 e. The first kappa shape index (κ1) is 25.1. The number of anilines is 1. The number of nitro benzene ring substituents is 1. The topological polar surface area (TPSA) is 123 Å². The third-order valence-corrected chi connectivity index (χ3v) is 7.56. The molecule has 1 aliphatic heterocycles. The second kappa shape index (κ2) is 9.38. The first-order valence-electron chi connectivity index (χ1n) is 11.7. The highest BCUT2D eigenvalue weighted by molar-refractivity contribution is 7.22. The van der Waals surface area contributed by atoms with E-state index in [1.807, 2.05) is 26.0 Å². The number of non-ortho nitro benzene ring substituents is 1. The van der Waals surface area contributed by atoms with Gasteiger partial charge in [-0.25, -0.2) is 4.98 Å². The number of nitrogens with zero attached hydrogens (tertiary/aromatic N) is 3. The molecule has 1 aromatic heterocycles.